The Bertz CT molecular complexity index is 1220. The van der Waals surface area contributed by atoms with Crippen LogP contribution in [-0.2, 0) is 12.8 Å². The van der Waals surface area contributed by atoms with Crippen molar-refractivity contribution in [1.82, 2.24) is 25.1 Å². The quantitative estimate of drug-likeness (QED) is 0.520. The van der Waals surface area contributed by atoms with Gasteiger partial charge in [0.2, 0.25) is 5.88 Å². The van der Waals surface area contributed by atoms with Gasteiger partial charge in [0.05, 0.1) is 24.0 Å². The summed E-state index contributed by atoms with van der Waals surface area (Å²) in [6.07, 6.45) is 11.3. The molecule has 0 saturated heterocycles. The van der Waals surface area contributed by atoms with E-state index < -0.39 is 0 Å². The minimum Gasteiger partial charge on any atom is -0.481 e. The molecule has 1 N–H and O–H groups in total. The Labute approximate surface area is 181 Å². The molecule has 0 bridgehead atoms. The largest absolute Gasteiger partial charge is 0.481 e. The summed E-state index contributed by atoms with van der Waals surface area (Å²) in [6.45, 7) is 0.863. The van der Waals surface area contributed by atoms with Crippen molar-refractivity contribution < 1.29 is 4.74 Å². The summed E-state index contributed by atoms with van der Waals surface area (Å²) in [6, 6.07) is 16.6. The average molecular weight is 412 g/mol. The molecule has 0 aliphatic heterocycles. The molecular formula is C25H25N5O. The van der Waals surface area contributed by atoms with Gasteiger partial charge >= 0.3 is 0 Å². The molecule has 1 aliphatic rings. The van der Waals surface area contributed by atoms with Crippen molar-refractivity contribution in [2.45, 2.75) is 25.3 Å². The van der Waals surface area contributed by atoms with Gasteiger partial charge in [-0.1, -0.05) is 42.5 Å². The Morgan fingerprint density at radius 3 is 2.94 bits per heavy atom. The maximum atomic E-state index is 5.30. The van der Waals surface area contributed by atoms with Crippen molar-refractivity contribution >= 4 is 17.1 Å². The van der Waals surface area contributed by atoms with E-state index in [9.17, 15) is 0 Å². The highest BCUT2D eigenvalue weighted by Crippen LogP contribution is 2.25. The SMILES string of the molecule is COc1ccc2nccc(-n3cc4c(n3)CCC(NC/C=C/c3ccccc3)C4)c2n1. The van der Waals surface area contributed by atoms with Crippen molar-refractivity contribution in [2.24, 2.45) is 0 Å². The van der Waals surface area contributed by atoms with Crippen LogP contribution < -0.4 is 10.1 Å². The van der Waals surface area contributed by atoms with E-state index in [0.29, 0.717) is 11.9 Å². The monoisotopic (exact) mass is 411 g/mol. The minimum atomic E-state index is 0.456. The van der Waals surface area contributed by atoms with E-state index in [4.69, 9.17) is 9.84 Å². The third kappa shape index (κ3) is 4.20. The van der Waals surface area contributed by atoms with E-state index in [1.54, 1.807) is 13.3 Å². The molecule has 31 heavy (non-hydrogen) atoms. The topological polar surface area (TPSA) is 64.9 Å². The van der Waals surface area contributed by atoms with E-state index in [1.165, 1.54) is 16.8 Å². The second kappa shape index (κ2) is 8.70. The molecule has 4 aromatic rings. The number of aryl methyl sites for hydroxylation is 1. The maximum absolute atomic E-state index is 5.30. The molecule has 0 amide bonds. The highest BCUT2D eigenvalue weighted by Gasteiger charge is 2.22. The normalized spacial score (nSPS) is 16.0. The first-order valence-corrected chi connectivity index (χ1v) is 10.6. The first kappa shape index (κ1) is 19.5. The number of ether oxygens (including phenoxy) is 1. The van der Waals surface area contributed by atoms with Crippen LogP contribution >= 0.6 is 0 Å². The van der Waals surface area contributed by atoms with E-state index in [0.717, 1.165) is 42.5 Å². The average Bonchev–Trinajstić information content (AvgIpc) is 3.25. The van der Waals surface area contributed by atoms with E-state index >= 15 is 0 Å². The summed E-state index contributed by atoms with van der Waals surface area (Å²) in [7, 11) is 1.62. The van der Waals surface area contributed by atoms with Gasteiger partial charge in [0.1, 0.15) is 5.52 Å². The minimum absolute atomic E-state index is 0.456. The summed E-state index contributed by atoms with van der Waals surface area (Å²) >= 11 is 0. The molecule has 1 atom stereocenters. The number of pyridine rings is 2. The van der Waals surface area contributed by atoms with Crippen LogP contribution in [0.15, 0.2) is 67.0 Å². The fourth-order valence-electron chi connectivity index (χ4n) is 4.09. The summed E-state index contributed by atoms with van der Waals surface area (Å²) in [5.41, 5.74) is 6.24. The molecular weight excluding hydrogens is 386 g/mol. The third-order valence-electron chi connectivity index (χ3n) is 5.70. The van der Waals surface area contributed by atoms with Gasteiger partial charge in [-0.2, -0.15) is 5.10 Å². The fourth-order valence-corrected chi connectivity index (χ4v) is 4.09. The second-order valence-corrected chi connectivity index (χ2v) is 7.76. The van der Waals surface area contributed by atoms with Crippen molar-refractivity contribution in [3.63, 3.8) is 0 Å². The second-order valence-electron chi connectivity index (χ2n) is 7.76. The summed E-state index contributed by atoms with van der Waals surface area (Å²) in [5.74, 6) is 0.575. The lowest BCUT2D eigenvalue weighted by Crippen LogP contribution is -2.34. The van der Waals surface area contributed by atoms with Crippen LogP contribution in [0.3, 0.4) is 0 Å². The summed E-state index contributed by atoms with van der Waals surface area (Å²) in [5, 5.41) is 8.53. The number of aromatic nitrogens is 4. The lowest BCUT2D eigenvalue weighted by atomic mass is 9.93. The highest BCUT2D eigenvalue weighted by molar-refractivity contribution is 5.83. The van der Waals surface area contributed by atoms with Crippen LogP contribution in [0.5, 0.6) is 5.88 Å². The van der Waals surface area contributed by atoms with Crippen molar-refractivity contribution in [3.05, 3.63) is 83.8 Å². The number of nitrogens with one attached hydrogen (secondary N) is 1. The van der Waals surface area contributed by atoms with Crippen LogP contribution in [0, 0.1) is 0 Å². The molecule has 1 aliphatic carbocycles. The Morgan fingerprint density at radius 1 is 1.16 bits per heavy atom. The first-order valence-electron chi connectivity index (χ1n) is 10.6. The lowest BCUT2D eigenvalue weighted by Gasteiger charge is -2.21. The summed E-state index contributed by atoms with van der Waals surface area (Å²) < 4.78 is 7.24. The van der Waals surface area contributed by atoms with Crippen molar-refractivity contribution in [3.8, 4) is 11.6 Å². The molecule has 1 unspecified atom stereocenters. The fraction of sp³-hybridized carbons (Fsp3) is 0.240. The van der Waals surface area contributed by atoms with Crippen LogP contribution in [0.4, 0.5) is 0 Å². The Balaban J connectivity index is 1.30. The van der Waals surface area contributed by atoms with E-state index in [1.807, 2.05) is 28.9 Å². The molecule has 0 fully saturated rings. The van der Waals surface area contributed by atoms with Gasteiger partial charge in [0.15, 0.2) is 0 Å². The summed E-state index contributed by atoms with van der Waals surface area (Å²) in [4.78, 5) is 9.03. The standard InChI is InChI=1S/C25H25N5O/c1-31-24-12-11-22-25(28-24)23(13-15-27-22)30-17-19-16-20(9-10-21(19)29-30)26-14-5-8-18-6-3-2-4-7-18/h2-8,11-13,15,17,20,26H,9-10,14,16H2,1H3/b8-5+. The zero-order valence-corrected chi connectivity index (χ0v) is 17.5. The van der Waals surface area contributed by atoms with Crippen molar-refractivity contribution in [1.29, 1.82) is 0 Å². The Kier molecular flexibility index (Phi) is 5.46. The van der Waals surface area contributed by atoms with Gasteiger partial charge in [0.25, 0.3) is 0 Å². The predicted molar refractivity (Wildman–Crippen MR) is 123 cm³/mol. The number of rotatable bonds is 6. The van der Waals surface area contributed by atoms with Crippen LogP contribution in [0.25, 0.3) is 22.8 Å². The number of hydrogen-bond donors (Lipinski definition) is 1. The molecule has 3 heterocycles. The molecule has 1 aromatic carbocycles. The van der Waals surface area contributed by atoms with Crippen LogP contribution in [0.2, 0.25) is 0 Å². The van der Waals surface area contributed by atoms with Crippen LogP contribution in [0.1, 0.15) is 23.2 Å². The van der Waals surface area contributed by atoms with Crippen LogP contribution in [-0.4, -0.2) is 39.4 Å². The van der Waals surface area contributed by atoms with Gasteiger partial charge in [0, 0.05) is 31.0 Å². The van der Waals surface area contributed by atoms with Gasteiger partial charge in [-0.15, -0.1) is 0 Å². The zero-order valence-electron chi connectivity index (χ0n) is 17.5. The molecule has 5 rings (SSSR count). The molecule has 0 saturated carbocycles. The molecule has 0 radical (unpaired) electrons. The molecule has 3 aromatic heterocycles. The zero-order chi connectivity index (χ0) is 21.0. The number of methoxy groups -OCH3 is 1. The Morgan fingerprint density at radius 2 is 2.06 bits per heavy atom. The van der Waals surface area contributed by atoms with Gasteiger partial charge in [-0.3, -0.25) is 4.98 Å². The lowest BCUT2D eigenvalue weighted by molar-refractivity contribution is 0.399. The van der Waals surface area contributed by atoms with Gasteiger partial charge < -0.3 is 10.1 Å². The molecule has 6 heteroatoms. The number of benzene rings is 1. The third-order valence-corrected chi connectivity index (χ3v) is 5.70. The smallest absolute Gasteiger partial charge is 0.213 e. The van der Waals surface area contributed by atoms with Crippen molar-refractivity contribution in [2.75, 3.05) is 13.7 Å². The molecule has 6 nitrogen and oxygen atoms in total. The van der Waals surface area contributed by atoms with E-state index in [2.05, 4.69) is 57.9 Å². The number of nitrogens with zero attached hydrogens (tertiary/aromatic N) is 4. The molecule has 0 spiro atoms. The number of hydrogen-bond acceptors (Lipinski definition) is 5. The Hall–Kier alpha value is -3.51. The number of fused-ring (bicyclic) bond motifs is 2. The highest BCUT2D eigenvalue weighted by atomic mass is 16.5. The predicted octanol–water partition coefficient (Wildman–Crippen LogP) is 3.98. The molecule has 156 valence electrons. The first-order chi connectivity index (χ1) is 15.3. The van der Waals surface area contributed by atoms with Gasteiger partial charge in [-0.05, 0) is 42.5 Å². The van der Waals surface area contributed by atoms with Gasteiger partial charge in [-0.25, -0.2) is 9.67 Å². The maximum Gasteiger partial charge on any atom is 0.213 e. The van der Waals surface area contributed by atoms with E-state index in [-0.39, 0.29) is 0 Å².